The van der Waals surface area contributed by atoms with Gasteiger partial charge in [0.15, 0.2) is 0 Å². The molecular formula is C31H30Cl2N2O7. The van der Waals surface area contributed by atoms with Crippen molar-refractivity contribution in [3.05, 3.63) is 86.9 Å². The first kappa shape index (κ1) is 29.5. The fourth-order valence-electron chi connectivity index (χ4n) is 4.91. The molecule has 3 aromatic rings. The first-order valence-electron chi connectivity index (χ1n) is 13.3. The van der Waals surface area contributed by atoms with Crippen molar-refractivity contribution in [3.8, 4) is 11.5 Å². The zero-order valence-electron chi connectivity index (χ0n) is 23.5. The number of carboxylic acids is 1. The van der Waals surface area contributed by atoms with Gasteiger partial charge in [0, 0.05) is 19.0 Å². The van der Waals surface area contributed by atoms with E-state index in [1.165, 1.54) is 9.80 Å². The van der Waals surface area contributed by atoms with Crippen LogP contribution in [0.2, 0.25) is 10.0 Å². The number of carboxylic acid groups (broad SMARTS) is 1. The van der Waals surface area contributed by atoms with E-state index in [-0.39, 0.29) is 18.9 Å². The molecule has 11 heteroatoms. The smallest absolute Gasteiger partial charge is 0.411 e. The average molecular weight is 613 g/mol. The van der Waals surface area contributed by atoms with Crippen molar-refractivity contribution >= 4 is 46.9 Å². The van der Waals surface area contributed by atoms with Gasteiger partial charge in [0.25, 0.3) is 5.91 Å². The van der Waals surface area contributed by atoms with Crippen LogP contribution in [0.4, 0.5) is 10.5 Å². The van der Waals surface area contributed by atoms with Crippen molar-refractivity contribution in [1.29, 1.82) is 0 Å². The number of hydrogen-bond acceptors (Lipinski definition) is 6. The fourth-order valence-corrected chi connectivity index (χ4v) is 5.23. The number of rotatable bonds is 5. The topological polar surface area (TPSA) is 106 Å². The maximum absolute atomic E-state index is 13.3. The number of carbonyl (C=O) groups excluding carboxylic acids is 2. The molecule has 0 spiro atoms. The van der Waals surface area contributed by atoms with Gasteiger partial charge in [0.1, 0.15) is 29.7 Å². The maximum Gasteiger partial charge on any atom is 0.411 e. The number of amides is 2. The quantitative estimate of drug-likeness (QED) is 0.354. The summed E-state index contributed by atoms with van der Waals surface area (Å²) in [6.07, 6.45) is -1.53. The molecule has 3 aromatic carbocycles. The molecule has 2 amide bonds. The second-order valence-electron chi connectivity index (χ2n) is 11.3. The summed E-state index contributed by atoms with van der Waals surface area (Å²) in [6, 6.07) is 14.8. The molecule has 0 aromatic heterocycles. The molecule has 220 valence electrons. The summed E-state index contributed by atoms with van der Waals surface area (Å²) in [5, 5.41) is 10.8. The lowest BCUT2D eigenvalue weighted by molar-refractivity contribution is -0.143. The number of halogens is 2. The first-order valence-corrected chi connectivity index (χ1v) is 14.1. The van der Waals surface area contributed by atoms with Gasteiger partial charge in [-0.2, -0.15) is 0 Å². The van der Waals surface area contributed by atoms with Crippen LogP contribution in [0, 0.1) is 0 Å². The van der Waals surface area contributed by atoms with Crippen LogP contribution in [-0.2, 0) is 33.9 Å². The molecule has 2 unspecified atom stereocenters. The highest BCUT2D eigenvalue weighted by atomic mass is 35.5. The normalized spacial score (nSPS) is 18.1. The molecule has 5 rings (SSSR count). The van der Waals surface area contributed by atoms with Crippen molar-refractivity contribution < 1.29 is 33.7 Å². The molecule has 0 saturated heterocycles. The molecule has 9 nitrogen and oxygen atoms in total. The molecule has 0 fully saturated rings. The fraction of sp³-hybridized carbons (Fsp3) is 0.323. The van der Waals surface area contributed by atoms with E-state index in [0.29, 0.717) is 39.4 Å². The van der Waals surface area contributed by atoms with Gasteiger partial charge in [-0.05, 0) is 73.9 Å². The van der Waals surface area contributed by atoms with E-state index in [0.717, 1.165) is 16.7 Å². The van der Waals surface area contributed by atoms with Gasteiger partial charge in [0.2, 0.25) is 6.10 Å². The monoisotopic (exact) mass is 612 g/mol. The number of ether oxygens (including phenoxy) is 3. The lowest BCUT2D eigenvalue weighted by Crippen LogP contribution is -2.50. The Hall–Kier alpha value is -3.95. The SMILES string of the molecule is CN1C(=O)C(c2ccc(OCc3ccc(Cl)c(Cl)c3)cc2)Oc2cc3c(cc21)CC(C(=O)O)N(C(=O)OC(C)(C)C)C3. The van der Waals surface area contributed by atoms with Crippen LogP contribution in [-0.4, -0.2) is 46.7 Å². The predicted molar refractivity (Wildman–Crippen MR) is 157 cm³/mol. The van der Waals surface area contributed by atoms with E-state index in [2.05, 4.69) is 0 Å². The van der Waals surface area contributed by atoms with Crippen LogP contribution in [0.25, 0.3) is 0 Å². The minimum atomic E-state index is -1.13. The van der Waals surface area contributed by atoms with E-state index in [9.17, 15) is 19.5 Å². The molecule has 2 aliphatic heterocycles. The van der Waals surface area contributed by atoms with Crippen molar-refractivity contribution in [2.24, 2.45) is 0 Å². The highest BCUT2D eigenvalue weighted by Crippen LogP contribution is 2.42. The van der Waals surface area contributed by atoms with E-state index in [4.69, 9.17) is 37.4 Å². The van der Waals surface area contributed by atoms with Gasteiger partial charge >= 0.3 is 12.1 Å². The summed E-state index contributed by atoms with van der Waals surface area (Å²) in [5.41, 5.74) is 2.71. The van der Waals surface area contributed by atoms with Crippen molar-refractivity contribution in [1.82, 2.24) is 4.90 Å². The number of aliphatic carboxylic acids is 1. The van der Waals surface area contributed by atoms with Crippen molar-refractivity contribution in [3.63, 3.8) is 0 Å². The zero-order valence-corrected chi connectivity index (χ0v) is 25.0. The van der Waals surface area contributed by atoms with Gasteiger partial charge in [0.05, 0.1) is 22.3 Å². The Labute approximate surface area is 253 Å². The van der Waals surface area contributed by atoms with Gasteiger partial charge in [-0.15, -0.1) is 0 Å². The van der Waals surface area contributed by atoms with Crippen molar-refractivity contribution in [2.45, 2.75) is 58.1 Å². The van der Waals surface area contributed by atoms with Gasteiger partial charge < -0.3 is 24.2 Å². The van der Waals surface area contributed by atoms with E-state index in [1.807, 2.05) is 6.07 Å². The maximum atomic E-state index is 13.3. The zero-order chi connectivity index (χ0) is 30.3. The number of carbonyl (C=O) groups is 3. The molecule has 0 aliphatic carbocycles. The Kier molecular flexibility index (Phi) is 8.00. The lowest BCUT2D eigenvalue weighted by atomic mass is 9.92. The third-order valence-corrected chi connectivity index (χ3v) is 7.80. The molecule has 2 aliphatic rings. The first-order chi connectivity index (χ1) is 19.8. The van der Waals surface area contributed by atoms with Gasteiger partial charge in [-0.3, -0.25) is 9.69 Å². The number of fused-ring (bicyclic) bond motifs is 2. The second-order valence-corrected chi connectivity index (χ2v) is 12.1. The third kappa shape index (κ3) is 6.12. The summed E-state index contributed by atoms with van der Waals surface area (Å²) in [7, 11) is 1.66. The Balaban J connectivity index is 1.35. The Morgan fingerprint density at radius 3 is 2.38 bits per heavy atom. The van der Waals surface area contributed by atoms with Crippen LogP contribution in [0.3, 0.4) is 0 Å². The molecule has 2 atom stereocenters. The number of hydrogen-bond donors (Lipinski definition) is 1. The number of benzene rings is 3. The third-order valence-electron chi connectivity index (χ3n) is 7.06. The number of nitrogens with zero attached hydrogens (tertiary/aromatic N) is 2. The summed E-state index contributed by atoms with van der Waals surface area (Å²) >= 11 is 12.1. The highest BCUT2D eigenvalue weighted by molar-refractivity contribution is 6.42. The van der Waals surface area contributed by atoms with E-state index in [1.54, 1.807) is 76.3 Å². The van der Waals surface area contributed by atoms with Crippen LogP contribution in [0.5, 0.6) is 11.5 Å². The molecule has 2 heterocycles. The summed E-state index contributed by atoms with van der Waals surface area (Å²) < 4.78 is 17.5. The molecule has 0 bridgehead atoms. The second kappa shape index (κ2) is 11.4. The Morgan fingerprint density at radius 1 is 1.02 bits per heavy atom. The molecule has 0 radical (unpaired) electrons. The summed E-state index contributed by atoms with van der Waals surface area (Å²) in [6.45, 7) is 5.50. The lowest BCUT2D eigenvalue weighted by Gasteiger charge is -2.38. The highest BCUT2D eigenvalue weighted by Gasteiger charge is 2.40. The Morgan fingerprint density at radius 2 is 1.74 bits per heavy atom. The molecular weight excluding hydrogens is 583 g/mol. The van der Waals surface area contributed by atoms with E-state index >= 15 is 0 Å². The van der Waals surface area contributed by atoms with Crippen molar-refractivity contribution in [2.75, 3.05) is 11.9 Å². The Bertz CT molecular complexity index is 1550. The summed E-state index contributed by atoms with van der Waals surface area (Å²) in [5.74, 6) is -0.341. The van der Waals surface area contributed by atoms with Crippen LogP contribution in [0.1, 0.15) is 49.1 Å². The summed E-state index contributed by atoms with van der Waals surface area (Å²) in [4.78, 5) is 41.0. The standard InChI is InChI=1S/C31H30Cl2N2O7/c1-31(2,3)42-30(39)35-15-20-14-26-24(12-19(20)13-25(35)29(37)38)34(4)28(36)27(41-26)18-6-8-21(9-7-18)40-16-17-5-10-22(32)23(33)11-17/h5-12,14,25,27H,13,15-16H2,1-4H3,(H,37,38). The van der Waals surface area contributed by atoms with Crippen LogP contribution in [0.15, 0.2) is 54.6 Å². The van der Waals surface area contributed by atoms with Crippen LogP contribution >= 0.6 is 23.2 Å². The molecule has 0 saturated carbocycles. The molecule has 42 heavy (non-hydrogen) atoms. The predicted octanol–water partition coefficient (Wildman–Crippen LogP) is 6.42. The van der Waals surface area contributed by atoms with Gasteiger partial charge in [-0.25, -0.2) is 9.59 Å². The van der Waals surface area contributed by atoms with Gasteiger partial charge in [-0.1, -0.05) is 41.4 Å². The average Bonchev–Trinajstić information content (AvgIpc) is 2.93. The minimum Gasteiger partial charge on any atom is -0.489 e. The minimum absolute atomic E-state index is 0.0328. The van der Waals surface area contributed by atoms with E-state index < -0.39 is 29.8 Å². The molecule has 1 N–H and O–H groups in total. The largest absolute Gasteiger partial charge is 0.489 e. The van der Waals surface area contributed by atoms with Crippen LogP contribution < -0.4 is 14.4 Å². The number of likely N-dealkylation sites (N-methyl/N-ethyl adjacent to an activating group) is 1. The number of anilines is 1.